The Morgan fingerprint density at radius 1 is 1.06 bits per heavy atom. The molecule has 0 aromatic heterocycles. The van der Waals surface area contributed by atoms with Gasteiger partial charge in [0, 0.05) is 49.2 Å². The van der Waals surface area contributed by atoms with E-state index in [4.69, 9.17) is 9.26 Å². The number of fused-ring (bicyclic) bond motifs is 5. The number of oxime groups is 1. The molecule has 1 aliphatic heterocycles. The third kappa shape index (κ3) is 4.35. The second-order valence-corrected chi connectivity index (χ2v) is 19.2. The predicted molar refractivity (Wildman–Crippen MR) is 144 cm³/mol. The van der Waals surface area contributed by atoms with Crippen molar-refractivity contribution in [1.29, 1.82) is 0 Å². The zero-order valence-electron chi connectivity index (χ0n) is 23.5. The normalized spacial score (nSPS) is 42.3. The first kappa shape index (κ1) is 26.5. The summed E-state index contributed by atoms with van der Waals surface area (Å²) in [5, 5.41) is 8.06. The summed E-state index contributed by atoms with van der Waals surface area (Å²) in [4.78, 5) is 32.7. The molecular weight excluding hydrogens is 468 g/mol. The molecule has 0 aromatic carbocycles. The molecule has 0 spiro atoms. The number of hydrogen-bond donors (Lipinski definition) is 1. The van der Waals surface area contributed by atoms with E-state index in [-0.39, 0.29) is 27.9 Å². The Morgan fingerprint density at radius 2 is 1.83 bits per heavy atom. The third-order valence-corrected chi connectivity index (χ3v) is 16.1. The van der Waals surface area contributed by atoms with Gasteiger partial charge in [0.15, 0.2) is 8.32 Å². The first-order chi connectivity index (χ1) is 16.9. The maximum Gasteiger partial charge on any atom is 0.192 e. The molecule has 0 radical (unpaired) electrons. The van der Waals surface area contributed by atoms with E-state index < -0.39 is 8.32 Å². The summed E-state index contributed by atoms with van der Waals surface area (Å²) in [5.74, 6) is 1.91. The van der Waals surface area contributed by atoms with Crippen LogP contribution in [0.4, 0.5) is 0 Å². The largest absolute Gasteiger partial charge is 0.416 e. The Kier molecular flexibility index (Phi) is 6.86. The van der Waals surface area contributed by atoms with Gasteiger partial charge >= 0.3 is 0 Å². The number of Topliss-reactive ketones (excluding diaryl/α,β-unsaturated/α-hetero) is 2. The van der Waals surface area contributed by atoms with E-state index in [9.17, 15) is 9.59 Å². The topological polar surface area (TPSA) is 77.0 Å². The molecule has 1 saturated heterocycles. The Balaban J connectivity index is 1.44. The molecule has 6 unspecified atom stereocenters. The van der Waals surface area contributed by atoms with Gasteiger partial charge in [-0.1, -0.05) is 32.9 Å². The average molecular weight is 517 g/mol. The van der Waals surface area contributed by atoms with E-state index in [0.717, 1.165) is 57.3 Å². The monoisotopic (exact) mass is 516 g/mol. The van der Waals surface area contributed by atoms with Crippen LogP contribution in [0, 0.1) is 34.5 Å². The van der Waals surface area contributed by atoms with Gasteiger partial charge in [0.05, 0.1) is 5.71 Å². The SMILES string of the molecule is CC12CCC3C(CC(=O)C4C/C(=N\O[C@H]5CCNC5)CCC43CO[Si](C)(C)C(C)(C)C)C1CCC2=O. The van der Waals surface area contributed by atoms with Gasteiger partial charge in [0.25, 0.3) is 0 Å². The summed E-state index contributed by atoms with van der Waals surface area (Å²) in [7, 11) is -1.98. The summed E-state index contributed by atoms with van der Waals surface area (Å²) in [6.07, 6.45) is 7.99. The maximum atomic E-state index is 14.0. The molecule has 4 aliphatic carbocycles. The summed E-state index contributed by atoms with van der Waals surface area (Å²) < 4.78 is 6.97. The van der Waals surface area contributed by atoms with Crippen molar-refractivity contribution >= 4 is 25.6 Å². The van der Waals surface area contributed by atoms with Crippen molar-refractivity contribution in [3.8, 4) is 0 Å². The summed E-state index contributed by atoms with van der Waals surface area (Å²) in [6.45, 7) is 16.2. The highest BCUT2D eigenvalue weighted by Gasteiger charge is 2.64. The van der Waals surface area contributed by atoms with Gasteiger partial charge in [0.1, 0.15) is 17.7 Å². The quantitative estimate of drug-likeness (QED) is 0.385. The molecule has 0 amide bonds. The van der Waals surface area contributed by atoms with Crippen molar-refractivity contribution < 1.29 is 18.9 Å². The Morgan fingerprint density at radius 3 is 2.53 bits per heavy atom. The van der Waals surface area contributed by atoms with E-state index in [1.165, 1.54) is 0 Å². The van der Waals surface area contributed by atoms with Crippen LogP contribution in [-0.2, 0) is 18.9 Å². The minimum atomic E-state index is -1.98. The molecule has 6 nitrogen and oxygen atoms in total. The minimum Gasteiger partial charge on any atom is -0.416 e. The van der Waals surface area contributed by atoms with Crippen LogP contribution in [0.3, 0.4) is 0 Å². The smallest absolute Gasteiger partial charge is 0.192 e. The first-order valence-corrected chi connectivity index (χ1v) is 17.4. The Hall–Kier alpha value is -1.05. The average Bonchev–Trinajstić information content (AvgIpc) is 3.44. The van der Waals surface area contributed by atoms with E-state index in [1.54, 1.807) is 0 Å². The van der Waals surface area contributed by atoms with E-state index in [0.29, 0.717) is 55.2 Å². The molecule has 5 rings (SSSR count). The fraction of sp³-hybridized carbons (Fsp3) is 0.897. The second-order valence-electron chi connectivity index (χ2n) is 14.4. The fourth-order valence-corrected chi connectivity index (χ4v) is 9.23. The highest BCUT2D eigenvalue weighted by Crippen LogP contribution is 2.65. The number of nitrogens with zero attached hydrogens (tertiary/aromatic N) is 1. The van der Waals surface area contributed by atoms with Gasteiger partial charge in [-0.3, -0.25) is 9.59 Å². The lowest BCUT2D eigenvalue weighted by molar-refractivity contribution is -0.160. The molecule has 5 fully saturated rings. The van der Waals surface area contributed by atoms with Crippen molar-refractivity contribution in [1.82, 2.24) is 5.32 Å². The number of carbonyl (C=O) groups excluding carboxylic acids is 2. The van der Waals surface area contributed by atoms with Crippen molar-refractivity contribution in [2.75, 3.05) is 19.7 Å². The lowest BCUT2D eigenvalue weighted by atomic mass is 9.44. The van der Waals surface area contributed by atoms with Gasteiger partial charge in [-0.05, 0) is 81.0 Å². The van der Waals surface area contributed by atoms with Crippen LogP contribution in [0.2, 0.25) is 18.1 Å². The second kappa shape index (κ2) is 9.30. The molecule has 0 bridgehead atoms. The molecule has 5 aliphatic rings. The van der Waals surface area contributed by atoms with Gasteiger partial charge in [0.2, 0.25) is 0 Å². The number of hydrogen-bond acceptors (Lipinski definition) is 6. The van der Waals surface area contributed by atoms with Crippen LogP contribution in [0.25, 0.3) is 0 Å². The zero-order chi connectivity index (χ0) is 25.9. The van der Waals surface area contributed by atoms with Crippen LogP contribution in [0.1, 0.15) is 85.5 Å². The number of rotatable bonds is 5. The number of carbonyl (C=O) groups is 2. The van der Waals surface area contributed by atoms with E-state index in [1.807, 2.05) is 0 Å². The van der Waals surface area contributed by atoms with Gasteiger partial charge < -0.3 is 14.6 Å². The van der Waals surface area contributed by atoms with Crippen LogP contribution in [0.15, 0.2) is 5.16 Å². The maximum absolute atomic E-state index is 14.0. The first-order valence-electron chi connectivity index (χ1n) is 14.5. The molecular formula is C29H48N2O4Si. The number of ketones is 2. The van der Waals surface area contributed by atoms with E-state index in [2.05, 4.69) is 51.3 Å². The molecule has 202 valence electrons. The summed E-state index contributed by atoms with van der Waals surface area (Å²) in [6, 6.07) is 0. The summed E-state index contributed by atoms with van der Waals surface area (Å²) in [5.41, 5.74) is 0.690. The standard InChI is InChI=1S/C29H48N2O4Si/c1-27(2,3)36(5,6)34-18-29-13-9-19(31-35-20-11-14-30-17-20)15-24(29)25(32)16-21-22-7-8-26(33)28(22,4)12-10-23(21)29/h20-24,30H,7-18H2,1-6H3/b31-19-/t20-,21?,22?,23?,24?,28?,29?/m0/s1. The number of nitrogens with one attached hydrogen (secondary N) is 1. The zero-order valence-corrected chi connectivity index (χ0v) is 24.5. The lowest BCUT2D eigenvalue weighted by Crippen LogP contribution is -2.60. The van der Waals surface area contributed by atoms with Gasteiger partial charge in [-0.15, -0.1) is 0 Å². The van der Waals surface area contributed by atoms with Crippen molar-refractivity contribution in [2.45, 2.75) is 110 Å². The van der Waals surface area contributed by atoms with Gasteiger partial charge in [-0.25, -0.2) is 0 Å². The fourth-order valence-electron chi connectivity index (χ4n) is 8.16. The predicted octanol–water partition coefficient (Wildman–Crippen LogP) is 5.51. The highest BCUT2D eigenvalue weighted by atomic mass is 28.4. The van der Waals surface area contributed by atoms with Crippen molar-refractivity contribution in [2.24, 2.45) is 39.7 Å². The molecule has 7 atom stereocenters. The lowest BCUT2D eigenvalue weighted by Gasteiger charge is -2.60. The Bertz CT molecular complexity index is 921. The molecule has 1 N–H and O–H groups in total. The molecule has 4 saturated carbocycles. The molecule has 0 aromatic rings. The van der Waals surface area contributed by atoms with Crippen LogP contribution < -0.4 is 5.32 Å². The molecule has 1 heterocycles. The minimum absolute atomic E-state index is 0.0391. The van der Waals surface area contributed by atoms with Crippen LogP contribution in [-0.4, -0.2) is 51.4 Å². The van der Waals surface area contributed by atoms with Crippen molar-refractivity contribution in [3.63, 3.8) is 0 Å². The van der Waals surface area contributed by atoms with Crippen LogP contribution in [0.5, 0.6) is 0 Å². The third-order valence-electron chi connectivity index (χ3n) is 11.6. The summed E-state index contributed by atoms with van der Waals surface area (Å²) >= 11 is 0. The van der Waals surface area contributed by atoms with Crippen molar-refractivity contribution in [3.05, 3.63) is 0 Å². The van der Waals surface area contributed by atoms with Crippen LogP contribution >= 0.6 is 0 Å². The molecule has 36 heavy (non-hydrogen) atoms. The Labute approximate surface area is 218 Å². The highest BCUT2D eigenvalue weighted by molar-refractivity contribution is 6.74. The van der Waals surface area contributed by atoms with E-state index >= 15 is 0 Å². The van der Waals surface area contributed by atoms with Gasteiger partial charge in [-0.2, -0.15) is 0 Å². The molecule has 7 heteroatoms.